The van der Waals surface area contributed by atoms with Gasteiger partial charge in [0.1, 0.15) is 5.75 Å². The number of rotatable bonds is 1. The molecule has 1 radical (unpaired) electrons. The zero-order valence-corrected chi connectivity index (χ0v) is 14.5. The van der Waals surface area contributed by atoms with Crippen LogP contribution >= 0.6 is 0 Å². The number of fused-ring (bicyclic) bond motifs is 1. The van der Waals surface area contributed by atoms with Gasteiger partial charge >= 0.3 is 6.09 Å². The third kappa shape index (κ3) is 3.11. The number of likely N-dealkylation sites (N-methyl/N-ethyl adjacent to an activating group) is 1. The van der Waals surface area contributed by atoms with Crippen molar-refractivity contribution < 1.29 is 42.2 Å². The molecule has 1 aromatic rings. The standard InChI is InChI=1S/C14H15N4O2.Y/c1-17-11-8-5-9-18(12(11)16-13(17)15)14(19)20-10-6-3-2-4-7-10;/h2-8,11-12H,9H2,1H3,(H-,15,16);/q-1;/t11-,12+;/m1./s1. The molecule has 0 unspecified atom stereocenters. The second-order valence-corrected chi connectivity index (χ2v) is 4.73. The second kappa shape index (κ2) is 6.58. The Morgan fingerprint density at radius 2 is 2.10 bits per heavy atom. The first-order valence-corrected chi connectivity index (χ1v) is 6.39. The van der Waals surface area contributed by atoms with Crippen molar-refractivity contribution in [3.63, 3.8) is 0 Å². The Morgan fingerprint density at radius 3 is 2.81 bits per heavy atom. The van der Waals surface area contributed by atoms with Crippen LogP contribution in [0, 0.1) is 0 Å². The SMILES string of the molecule is CN1C([NH-])=N[C@@H]2[C@H]1C=CCN2C(=O)Oc1ccccc1.[Y]. The Morgan fingerprint density at radius 1 is 1.38 bits per heavy atom. The van der Waals surface area contributed by atoms with E-state index in [9.17, 15) is 4.79 Å². The fourth-order valence-electron chi connectivity index (χ4n) is 2.37. The van der Waals surface area contributed by atoms with Crippen LogP contribution in [0.25, 0.3) is 5.73 Å². The van der Waals surface area contributed by atoms with Crippen molar-refractivity contribution in [3.05, 3.63) is 48.2 Å². The molecule has 0 spiro atoms. The molecule has 0 saturated heterocycles. The molecule has 2 aliphatic rings. The molecule has 0 aromatic heterocycles. The molecular formula is C14H15N4O2Y-. The molecule has 0 aliphatic carbocycles. The zero-order chi connectivity index (χ0) is 14.1. The third-order valence-corrected chi connectivity index (χ3v) is 3.48. The topological polar surface area (TPSA) is 68.9 Å². The van der Waals surface area contributed by atoms with E-state index in [1.165, 1.54) is 4.90 Å². The van der Waals surface area contributed by atoms with E-state index in [4.69, 9.17) is 10.5 Å². The van der Waals surface area contributed by atoms with Crippen LogP contribution in [0.3, 0.4) is 0 Å². The Bertz CT molecular complexity index is 576. The molecule has 6 nitrogen and oxygen atoms in total. The molecule has 7 heteroatoms. The average molecular weight is 360 g/mol. The van der Waals surface area contributed by atoms with Crippen LogP contribution < -0.4 is 4.74 Å². The monoisotopic (exact) mass is 360 g/mol. The van der Waals surface area contributed by atoms with Crippen molar-refractivity contribution in [3.8, 4) is 5.75 Å². The number of benzene rings is 1. The minimum Gasteiger partial charge on any atom is -0.420 e. The fourth-order valence-corrected chi connectivity index (χ4v) is 2.37. The molecule has 1 aromatic carbocycles. The number of hydrogen-bond donors (Lipinski definition) is 0. The van der Waals surface area contributed by atoms with Crippen LogP contribution in [0.2, 0.25) is 0 Å². The minimum absolute atomic E-state index is 0. The molecule has 2 aliphatic heterocycles. The maximum atomic E-state index is 12.2. The predicted octanol–water partition coefficient (Wildman–Crippen LogP) is 2.10. The van der Waals surface area contributed by atoms with Gasteiger partial charge in [0.2, 0.25) is 0 Å². The summed E-state index contributed by atoms with van der Waals surface area (Å²) < 4.78 is 5.34. The summed E-state index contributed by atoms with van der Waals surface area (Å²) in [5.41, 5.74) is 7.75. The van der Waals surface area contributed by atoms with E-state index in [-0.39, 0.29) is 50.9 Å². The summed E-state index contributed by atoms with van der Waals surface area (Å²) in [5.74, 6) is 0.689. The second-order valence-electron chi connectivity index (χ2n) is 4.73. The third-order valence-electron chi connectivity index (χ3n) is 3.48. The average Bonchev–Trinajstić information content (AvgIpc) is 2.75. The van der Waals surface area contributed by atoms with Gasteiger partial charge < -0.3 is 20.4 Å². The largest absolute Gasteiger partial charge is 0.420 e. The van der Waals surface area contributed by atoms with Crippen molar-refractivity contribution in [2.75, 3.05) is 13.6 Å². The fraction of sp³-hybridized carbons (Fsp3) is 0.286. The van der Waals surface area contributed by atoms with E-state index < -0.39 is 6.09 Å². The predicted molar refractivity (Wildman–Crippen MR) is 75.4 cm³/mol. The van der Waals surface area contributed by atoms with Gasteiger partial charge in [0.25, 0.3) is 0 Å². The summed E-state index contributed by atoms with van der Waals surface area (Å²) in [4.78, 5) is 19.7. The molecule has 21 heavy (non-hydrogen) atoms. The number of nitrogens with zero attached hydrogens (tertiary/aromatic N) is 3. The Balaban J connectivity index is 0.00000161. The molecule has 3 rings (SSSR count). The van der Waals surface area contributed by atoms with Crippen LogP contribution in [0.4, 0.5) is 4.79 Å². The Kier molecular flexibility index (Phi) is 5.01. The Hall–Kier alpha value is -1.40. The van der Waals surface area contributed by atoms with Crippen molar-refractivity contribution >= 4 is 12.1 Å². The number of nitrogens with one attached hydrogen (secondary N) is 1. The number of ether oxygens (including phenoxy) is 1. The number of hydrogen-bond acceptors (Lipinski definition) is 4. The summed E-state index contributed by atoms with van der Waals surface area (Å²) in [6.45, 7) is 0.442. The summed E-state index contributed by atoms with van der Waals surface area (Å²) in [7, 11) is 1.80. The van der Waals surface area contributed by atoms with Crippen LogP contribution in [0.15, 0.2) is 47.5 Å². The van der Waals surface area contributed by atoms with Crippen LogP contribution in [-0.2, 0) is 32.7 Å². The van der Waals surface area contributed by atoms with E-state index >= 15 is 0 Å². The van der Waals surface area contributed by atoms with Gasteiger partial charge in [-0.3, -0.25) is 4.90 Å². The first-order valence-electron chi connectivity index (χ1n) is 6.39. The normalized spacial score (nSPS) is 23.2. The first kappa shape index (κ1) is 16.0. The van der Waals surface area contributed by atoms with Gasteiger partial charge in [-0.1, -0.05) is 30.4 Å². The number of aliphatic imine (C=N–C) groups is 1. The van der Waals surface area contributed by atoms with Crippen LogP contribution in [-0.4, -0.2) is 47.7 Å². The van der Waals surface area contributed by atoms with Gasteiger partial charge in [-0.15, -0.1) is 0 Å². The maximum absolute atomic E-state index is 12.2. The first-order chi connectivity index (χ1) is 9.66. The molecule has 0 saturated carbocycles. The quantitative estimate of drug-likeness (QED) is 0.721. The minimum atomic E-state index is -0.442. The zero-order valence-electron chi connectivity index (χ0n) is 11.6. The van der Waals surface area contributed by atoms with E-state index in [0.717, 1.165) is 0 Å². The summed E-state index contributed by atoms with van der Waals surface area (Å²) in [6, 6.07) is 8.86. The van der Waals surface area contributed by atoms with Crippen molar-refractivity contribution in [2.45, 2.75) is 12.2 Å². The molecule has 0 fully saturated rings. The van der Waals surface area contributed by atoms with E-state index in [2.05, 4.69) is 4.99 Å². The van der Waals surface area contributed by atoms with Gasteiger partial charge in [0, 0.05) is 51.3 Å². The molecule has 2 atom stereocenters. The maximum Gasteiger partial charge on any atom is 0.416 e. The van der Waals surface area contributed by atoms with Gasteiger partial charge in [-0.25, -0.2) is 4.79 Å². The number of guanidine groups is 1. The molecule has 0 bridgehead atoms. The van der Waals surface area contributed by atoms with Crippen molar-refractivity contribution in [1.82, 2.24) is 9.80 Å². The van der Waals surface area contributed by atoms with Gasteiger partial charge in [-0.2, -0.15) is 0 Å². The van der Waals surface area contributed by atoms with Crippen molar-refractivity contribution in [2.24, 2.45) is 4.99 Å². The molecule has 107 valence electrons. The van der Waals surface area contributed by atoms with E-state index in [0.29, 0.717) is 12.3 Å². The van der Waals surface area contributed by atoms with Gasteiger partial charge in [0.05, 0.1) is 6.17 Å². The summed E-state index contributed by atoms with van der Waals surface area (Å²) >= 11 is 0. The van der Waals surface area contributed by atoms with Gasteiger partial charge in [0.15, 0.2) is 0 Å². The van der Waals surface area contributed by atoms with E-state index in [1.807, 2.05) is 30.4 Å². The molecule has 1 N–H and O–H groups in total. The molecule has 1 amide bonds. The number of amides is 1. The molecular weight excluding hydrogens is 345 g/mol. The van der Waals surface area contributed by atoms with Crippen molar-refractivity contribution in [1.29, 1.82) is 0 Å². The van der Waals surface area contributed by atoms with E-state index in [1.54, 1.807) is 24.1 Å². The number of para-hydroxylation sites is 1. The smallest absolute Gasteiger partial charge is 0.416 e. The Labute approximate surface area is 148 Å². The summed E-state index contributed by atoms with van der Waals surface area (Å²) in [5, 5.41) is 0. The van der Waals surface area contributed by atoms with Gasteiger partial charge in [-0.05, 0) is 19.2 Å². The van der Waals surface area contributed by atoms with Crippen LogP contribution in [0.1, 0.15) is 0 Å². The summed E-state index contributed by atoms with van der Waals surface area (Å²) in [6.07, 6.45) is 3.05. The number of carbonyl (C=O) groups is 1. The van der Waals surface area contributed by atoms with Crippen LogP contribution in [0.5, 0.6) is 5.75 Å². The molecule has 2 heterocycles. The number of carbonyl (C=O) groups excluding carboxylic acids is 1.